The van der Waals surface area contributed by atoms with Crippen LogP contribution in [0.25, 0.3) is 0 Å². The Balaban J connectivity index is 2.18. The number of ether oxygens (including phenoxy) is 1. The van der Waals surface area contributed by atoms with Crippen molar-refractivity contribution in [2.45, 2.75) is 19.1 Å². The summed E-state index contributed by atoms with van der Waals surface area (Å²) in [6.45, 7) is 4.29. The number of anilines is 2. The maximum Gasteiger partial charge on any atom is 0.292 e. The molecule has 0 spiro atoms. The van der Waals surface area contributed by atoms with E-state index < -0.39 is 4.92 Å². The van der Waals surface area contributed by atoms with Crippen molar-refractivity contribution in [3.63, 3.8) is 0 Å². The number of nitrogens with zero attached hydrogens (tertiary/aromatic N) is 3. The standard InChI is InChI=1S/C14H22N4O3/c1-10-9-21-12(7-16(2)3)8-17(10)11-4-5-14(18(19)20)13(15)6-11/h4-6,10,12H,7-9,15H2,1-3H3/t10-,12+/m0/s1. The smallest absolute Gasteiger partial charge is 0.292 e. The molecule has 7 nitrogen and oxygen atoms in total. The van der Waals surface area contributed by atoms with E-state index in [1.807, 2.05) is 14.1 Å². The van der Waals surface area contributed by atoms with Gasteiger partial charge in [0, 0.05) is 30.9 Å². The van der Waals surface area contributed by atoms with Crippen molar-refractivity contribution in [1.29, 1.82) is 0 Å². The lowest BCUT2D eigenvalue weighted by molar-refractivity contribution is -0.383. The largest absolute Gasteiger partial charge is 0.393 e. The Labute approximate surface area is 124 Å². The van der Waals surface area contributed by atoms with Gasteiger partial charge in [-0.3, -0.25) is 10.1 Å². The molecule has 1 fully saturated rings. The van der Waals surface area contributed by atoms with Crippen LogP contribution in [-0.4, -0.2) is 55.8 Å². The molecule has 1 aliphatic rings. The number of hydrogen-bond acceptors (Lipinski definition) is 6. The minimum absolute atomic E-state index is 0.0514. The lowest BCUT2D eigenvalue weighted by Gasteiger charge is -2.40. The molecule has 1 aromatic carbocycles. The second-order valence-corrected chi connectivity index (χ2v) is 5.72. The summed E-state index contributed by atoms with van der Waals surface area (Å²) in [5, 5.41) is 10.8. The fourth-order valence-corrected chi connectivity index (χ4v) is 2.58. The normalized spacial score (nSPS) is 22.6. The van der Waals surface area contributed by atoms with Gasteiger partial charge in [0.15, 0.2) is 0 Å². The van der Waals surface area contributed by atoms with Crippen LogP contribution in [0.2, 0.25) is 0 Å². The molecule has 1 saturated heterocycles. The lowest BCUT2D eigenvalue weighted by atomic mass is 10.1. The van der Waals surface area contributed by atoms with Gasteiger partial charge in [0.2, 0.25) is 0 Å². The zero-order valence-electron chi connectivity index (χ0n) is 12.7. The highest BCUT2D eigenvalue weighted by molar-refractivity contribution is 5.67. The Hall–Kier alpha value is -1.86. The van der Waals surface area contributed by atoms with Crippen LogP contribution >= 0.6 is 0 Å². The molecule has 0 aliphatic carbocycles. The third-order valence-electron chi connectivity index (χ3n) is 3.61. The molecule has 1 aromatic rings. The van der Waals surface area contributed by atoms with Crippen LogP contribution in [0.5, 0.6) is 0 Å². The third-order valence-corrected chi connectivity index (χ3v) is 3.61. The van der Waals surface area contributed by atoms with E-state index in [0.717, 1.165) is 18.8 Å². The van der Waals surface area contributed by atoms with Crippen molar-refractivity contribution in [2.75, 3.05) is 44.4 Å². The van der Waals surface area contributed by atoms with Gasteiger partial charge >= 0.3 is 0 Å². The number of likely N-dealkylation sites (N-methyl/N-ethyl adjacent to an activating group) is 1. The molecule has 2 rings (SSSR count). The number of nitrogen functional groups attached to an aromatic ring is 1. The average molecular weight is 294 g/mol. The van der Waals surface area contributed by atoms with Crippen molar-refractivity contribution < 1.29 is 9.66 Å². The minimum atomic E-state index is -0.462. The summed E-state index contributed by atoms with van der Waals surface area (Å²) in [5.41, 5.74) is 6.83. The van der Waals surface area contributed by atoms with E-state index in [1.165, 1.54) is 6.07 Å². The first kappa shape index (κ1) is 15.5. The summed E-state index contributed by atoms with van der Waals surface area (Å²) in [4.78, 5) is 14.7. The summed E-state index contributed by atoms with van der Waals surface area (Å²) in [7, 11) is 4.02. The average Bonchev–Trinajstić information content (AvgIpc) is 2.39. The van der Waals surface area contributed by atoms with E-state index >= 15 is 0 Å². The van der Waals surface area contributed by atoms with Gasteiger partial charge in [-0.1, -0.05) is 0 Å². The van der Waals surface area contributed by atoms with E-state index in [0.29, 0.717) is 6.61 Å². The maximum atomic E-state index is 10.8. The van der Waals surface area contributed by atoms with Crippen LogP contribution in [0.3, 0.4) is 0 Å². The second-order valence-electron chi connectivity index (χ2n) is 5.72. The number of morpholine rings is 1. The number of nitrogens with two attached hydrogens (primary N) is 1. The van der Waals surface area contributed by atoms with Gasteiger partial charge in [-0.25, -0.2) is 0 Å². The molecule has 2 N–H and O–H groups in total. The number of hydrogen-bond donors (Lipinski definition) is 1. The van der Waals surface area contributed by atoms with Crippen molar-refractivity contribution in [3.05, 3.63) is 28.3 Å². The van der Waals surface area contributed by atoms with E-state index in [4.69, 9.17) is 10.5 Å². The first-order valence-corrected chi connectivity index (χ1v) is 6.95. The maximum absolute atomic E-state index is 10.8. The summed E-state index contributed by atoms with van der Waals surface area (Å²) in [6, 6.07) is 5.10. The van der Waals surface area contributed by atoms with Gasteiger partial charge in [0.1, 0.15) is 5.69 Å². The molecule has 2 atom stereocenters. The molecule has 0 amide bonds. The predicted octanol–water partition coefficient (Wildman–Crippen LogP) is 1.33. The predicted molar refractivity (Wildman–Crippen MR) is 82.6 cm³/mol. The number of nitro groups is 1. The molecule has 1 heterocycles. The first-order chi connectivity index (χ1) is 9.88. The van der Waals surface area contributed by atoms with Crippen molar-refractivity contribution in [1.82, 2.24) is 4.90 Å². The molecule has 7 heteroatoms. The molecule has 0 aromatic heterocycles. The first-order valence-electron chi connectivity index (χ1n) is 6.95. The summed E-state index contributed by atoms with van der Waals surface area (Å²) in [6.07, 6.45) is 0.118. The van der Waals surface area contributed by atoms with E-state index in [-0.39, 0.29) is 23.5 Å². The molecular formula is C14H22N4O3. The third kappa shape index (κ3) is 3.62. The van der Waals surface area contributed by atoms with E-state index in [1.54, 1.807) is 12.1 Å². The fourth-order valence-electron chi connectivity index (χ4n) is 2.58. The van der Waals surface area contributed by atoms with Crippen LogP contribution in [-0.2, 0) is 4.74 Å². The quantitative estimate of drug-likeness (QED) is 0.512. The van der Waals surface area contributed by atoms with Crippen molar-refractivity contribution in [2.24, 2.45) is 0 Å². The number of benzene rings is 1. The molecule has 0 unspecified atom stereocenters. The Morgan fingerprint density at radius 3 is 2.81 bits per heavy atom. The van der Waals surface area contributed by atoms with Crippen LogP contribution in [0, 0.1) is 10.1 Å². The highest BCUT2D eigenvalue weighted by Gasteiger charge is 2.27. The highest BCUT2D eigenvalue weighted by Crippen LogP contribution is 2.29. The second kappa shape index (κ2) is 6.28. The van der Waals surface area contributed by atoms with Gasteiger partial charge in [0.05, 0.1) is 17.6 Å². The number of nitro benzene ring substituents is 1. The van der Waals surface area contributed by atoms with Gasteiger partial charge in [0.25, 0.3) is 5.69 Å². The lowest BCUT2D eigenvalue weighted by Crippen LogP contribution is -2.51. The van der Waals surface area contributed by atoms with E-state index in [2.05, 4.69) is 16.7 Å². The van der Waals surface area contributed by atoms with Crippen LogP contribution < -0.4 is 10.6 Å². The van der Waals surface area contributed by atoms with Crippen LogP contribution in [0.1, 0.15) is 6.92 Å². The Kier molecular flexibility index (Phi) is 4.64. The molecule has 0 saturated carbocycles. The Morgan fingerprint density at radius 1 is 1.52 bits per heavy atom. The van der Waals surface area contributed by atoms with Crippen molar-refractivity contribution >= 4 is 17.1 Å². The molecule has 1 aliphatic heterocycles. The van der Waals surface area contributed by atoms with Gasteiger partial charge in [-0.05, 0) is 33.2 Å². The Bertz CT molecular complexity index is 521. The highest BCUT2D eigenvalue weighted by atomic mass is 16.6. The fraction of sp³-hybridized carbons (Fsp3) is 0.571. The molecular weight excluding hydrogens is 272 g/mol. The molecule has 21 heavy (non-hydrogen) atoms. The van der Waals surface area contributed by atoms with Gasteiger partial charge in [-0.2, -0.15) is 0 Å². The van der Waals surface area contributed by atoms with Crippen LogP contribution in [0.4, 0.5) is 17.1 Å². The van der Waals surface area contributed by atoms with E-state index in [9.17, 15) is 10.1 Å². The van der Waals surface area contributed by atoms with Gasteiger partial charge < -0.3 is 20.3 Å². The van der Waals surface area contributed by atoms with Crippen LogP contribution in [0.15, 0.2) is 18.2 Å². The zero-order valence-corrected chi connectivity index (χ0v) is 12.7. The van der Waals surface area contributed by atoms with Crippen molar-refractivity contribution in [3.8, 4) is 0 Å². The number of rotatable bonds is 4. The SMILES string of the molecule is C[C@H]1CO[C@H](CN(C)C)CN1c1ccc([N+](=O)[O-])c(N)c1. The monoisotopic (exact) mass is 294 g/mol. The topological polar surface area (TPSA) is 84.9 Å². The Morgan fingerprint density at radius 2 is 2.24 bits per heavy atom. The molecule has 0 bridgehead atoms. The summed E-state index contributed by atoms with van der Waals surface area (Å²) >= 11 is 0. The summed E-state index contributed by atoms with van der Waals surface area (Å²) < 4.78 is 5.82. The molecule has 0 radical (unpaired) electrons. The minimum Gasteiger partial charge on any atom is -0.393 e. The summed E-state index contributed by atoms with van der Waals surface area (Å²) in [5.74, 6) is 0. The zero-order chi connectivity index (χ0) is 15.6. The molecule has 116 valence electrons. The van der Waals surface area contributed by atoms with Gasteiger partial charge in [-0.15, -0.1) is 0 Å².